The zero-order valence-corrected chi connectivity index (χ0v) is 26.3. The molecule has 3 aromatic rings. The van der Waals surface area contributed by atoms with E-state index >= 15 is 0 Å². The summed E-state index contributed by atoms with van der Waals surface area (Å²) in [5.74, 6) is 0.0560. The van der Waals surface area contributed by atoms with Gasteiger partial charge in [0.25, 0.3) is 10.0 Å². The van der Waals surface area contributed by atoms with Gasteiger partial charge >= 0.3 is 0 Å². The van der Waals surface area contributed by atoms with Gasteiger partial charge in [-0.25, -0.2) is 8.42 Å². The fraction of sp³-hybridized carbons (Fsp3) is 0.355. The molecule has 3 rings (SSSR count). The Bertz CT molecular complexity index is 1380. The molecule has 0 saturated heterocycles. The number of ether oxygens (including phenoxy) is 1. The van der Waals surface area contributed by atoms with Gasteiger partial charge in [-0.2, -0.15) is 0 Å². The van der Waals surface area contributed by atoms with Crippen LogP contribution in [-0.2, 0) is 26.0 Å². The van der Waals surface area contributed by atoms with Crippen LogP contribution in [0.25, 0.3) is 0 Å². The molecule has 1 atom stereocenters. The average molecular weight is 645 g/mol. The zero-order valence-electron chi connectivity index (χ0n) is 23.9. The van der Waals surface area contributed by atoms with Crippen molar-refractivity contribution in [1.82, 2.24) is 10.2 Å². The lowest BCUT2D eigenvalue weighted by Crippen LogP contribution is -2.52. The molecule has 1 N–H and O–H groups in total. The third-order valence-electron chi connectivity index (χ3n) is 6.45. The van der Waals surface area contributed by atoms with Crippen molar-refractivity contribution < 1.29 is 22.7 Å². The van der Waals surface area contributed by atoms with E-state index in [4.69, 9.17) is 4.74 Å². The van der Waals surface area contributed by atoms with Crippen molar-refractivity contribution in [3.63, 3.8) is 0 Å². The molecule has 220 valence electrons. The lowest BCUT2D eigenvalue weighted by molar-refractivity contribution is -0.138. The highest BCUT2D eigenvalue weighted by molar-refractivity contribution is 9.10. The van der Waals surface area contributed by atoms with E-state index < -0.39 is 28.5 Å². The molecule has 0 saturated carbocycles. The Hall–Kier alpha value is -3.37. The van der Waals surface area contributed by atoms with Crippen molar-refractivity contribution >= 4 is 43.5 Å². The summed E-state index contributed by atoms with van der Waals surface area (Å²) in [6.07, 6.45) is 0.511. The minimum atomic E-state index is -4.14. The SMILES string of the molecule is CCOc1ccc(N(CC(=O)N(CCc2ccccc2)C(C)C(=O)NCC(C)C)S(=O)(=O)c2ccc(Br)cc2)cc1. The molecule has 0 spiro atoms. The number of sulfonamides is 1. The molecule has 8 nitrogen and oxygen atoms in total. The number of hydrogen-bond donors (Lipinski definition) is 1. The fourth-order valence-electron chi connectivity index (χ4n) is 4.16. The topological polar surface area (TPSA) is 96.0 Å². The Morgan fingerprint density at radius 1 is 0.927 bits per heavy atom. The summed E-state index contributed by atoms with van der Waals surface area (Å²) in [5, 5.41) is 2.90. The van der Waals surface area contributed by atoms with Crippen molar-refractivity contribution in [2.45, 2.75) is 45.1 Å². The zero-order chi connectivity index (χ0) is 30.0. The van der Waals surface area contributed by atoms with E-state index in [0.29, 0.717) is 31.0 Å². The first kappa shape index (κ1) is 32.1. The number of nitrogens with zero attached hydrogens (tertiary/aromatic N) is 2. The Morgan fingerprint density at radius 2 is 1.56 bits per heavy atom. The van der Waals surface area contributed by atoms with Crippen LogP contribution in [0, 0.1) is 5.92 Å². The number of benzene rings is 3. The third-order valence-corrected chi connectivity index (χ3v) is 8.77. The monoisotopic (exact) mass is 643 g/mol. The highest BCUT2D eigenvalue weighted by Crippen LogP contribution is 2.27. The first-order valence-electron chi connectivity index (χ1n) is 13.6. The summed E-state index contributed by atoms with van der Waals surface area (Å²) in [6, 6.07) is 21.7. The van der Waals surface area contributed by atoms with Gasteiger partial charge in [-0.15, -0.1) is 0 Å². The molecule has 1 unspecified atom stereocenters. The van der Waals surface area contributed by atoms with Crippen LogP contribution in [0.3, 0.4) is 0 Å². The summed E-state index contributed by atoms with van der Waals surface area (Å²) >= 11 is 3.34. The summed E-state index contributed by atoms with van der Waals surface area (Å²) in [5.41, 5.74) is 1.32. The number of nitrogens with one attached hydrogen (secondary N) is 1. The number of carbonyl (C=O) groups excluding carboxylic acids is 2. The largest absolute Gasteiger partial charge is 0.494 e. The number of hydrogen-bond acceptors (Lipinski definition) is 5. The second-order valence-electron chi connectivity index (χ2n) is 10.0. The van der Waals surface area contributed by atoms with E-state index in [1.807, 2.05) is 51.1 Å². The fourth-order valence-corrected chi connectivity index (χ4v) is 5.84. The van der Waals surface area contributed by atoms with Gasteiger partial charge in [-0.05, 0) is 80.3 Å². The molecule has 0 radical (unpaired) electrons. The Morgan fingerprint density at radius 3 is 2.15 bits per heavy atom. The maximum Gasteiger partial charge on any atom is 0.264 e. The summed E-state index contributed by atoms with van der Waals surface area (Å²) in [4.78, 5) is 28.5. The van der Waals surface area contributed by atoms with E-state index in [9.17, 15) is 18.0 Å². The lowest BCUT2D eigenvalue weighted by Gasteiger charge is -2.32. The maximum atomic E-state index is 13.9. The average Bonchev–Trinajstić information content (AvgIpc) is 2.96. The van der Waals surface area contributed by atoms with Crippen LogP contribution in [0.5, 0.6) is 5.75 Å². The normalized spacial score (nSPS) is 12.0. The highest BCUT2D eigenvalue weighted by atomic mass is 79.9. The maximum absolute atomic E-state index is 13.9. The van der Waals surface area contributed by atoms with E-state index in [1.54, 1.807) is 43.3 Å². The molecule has 0 fully saturated rings. The van der Waals surface area contributed by atoms with Crippen molar-refractivity contribution in [2.24, 2.45) is 5.92 Å². The molecule has 10 heteroatoms. The van der Waals surface area contributed by atoms with E-state index in [-0.39, 0.29) is 23.3 Å². The number of halogens is 1. The van der Waals surface area contributed by atoms with Crippen LogP contribution < -0.4 is 14.4 Å². The van der Waals surface area contributed by atoms with Gasteiger partial charge in [-0.1, -0.05) is 60.1 Å². The molecule has 2 amide bonds. The second kappa shape index (κ2) is 15.0. The van der Waals surface area contributed by atoms with Crippen molar-refractivity contribution in [3.8, 4) is 5.75 Å². The number of amides is 2. The third kappa shape index (κ3) is 9.06. The molecular weight excluding hydrogens is 606 g/mol. The minimum Gasteiger partial charge on any atom is -0.494 e. The van der Waals surface area contributed by atoms with Gasteiger partial charge < -0.3 is 15.0 Å². The first-order chi connectivity index (χ1) is 19.5. The van der Waals surface area contributed by atoms with Crippen LogP contribution in [0.1, 0.15) is 33.3 Å². The summed E-state index contributed by atoms with van der Waals surface area (Å²) in [7, 11) is -4.14. The van der Waals surface area contributed by atoms with E-state index in [2.05, 4.69) is 21.2 Å². The molecule has 41 heavy (non-hydrogen) atoms. The van der Waals surface area contributed by atoms with Crippen molar-refractivity contribution in [2.75, 3.05) is 30.5 Å². The number of anilines is 1. The molecule has 3 aromatic carbocycles. The van der Waals surface area contributed by atoms with Crippen LogP contribution >= 0.6 is 15.9 Å². The quantitative estimate of drug-likeness (QED) is 0.258. The smallest absolute Gasteiger partial charge is 0.264 e. The minimum absolute atomic E-state index is 0.0425. The molecule has 0 aliphatic carbocycles. The summed E-state index contributed by atoms with van der Waals surface area (Å²) in [6.45, 7) is 8.21. The van der Waals surface area contributed by atoms with Crippen LogP contribution in [0.15, 0.2) is 88.2 Å². The van der Waals surface area contributed by atoms with Crippen molar-refractivity contribution in [3.05, 3.63) is 88.9 Å². The van der Waals surface area contributed by atoms with Gasteiger partial charge in [0.2, 0.25) is 11.8 Å². The Kier molecular flexibility index (Phi) is 11.8. The Balaban J connectivity index is 1.97. The molecule has 0 aliphatic heterocycles. The van der Waals surface area contributed by atoms with Crippen LogP contribution in [-0.4, -0.2) is 57.4 Å². The van der Waals surface area contributed by atoms with Gasteiger partial charge in [0.05, 0.1) is 17.2 Å². The van der Waals surface area contributed by atoms with Crippen LogP contribution in [0.2, 0.25) is 0 Å². The molecular formula is C31H38BrN3O5S. The van der Waals surface area contributed by atoms with Gasteiger partial charge in [0, 0.05) is 17.6 Å². The van der Waals surface area contributed by atoms with E-state index in [0.717, 1.165) is 14.3 Å². The number of carbonyl (C=O) groups is 2. The standard InChI is InChI=1S/C31H38BrN3O5S/c1-5-40-28-15-13-27(14-16-28)35(41(38,39)29-17-11-26(32)12-18-29)22-30(36)34(20-19-25-9-7-6-8-10-25)24(4)31(37)33-21-23(2)3/h6-18,23-24H,5,19-22H2,1-4H3,(H,33,37). The predicted octanol–water partition coefficient (Wildman–Crippen LogP) is 5.28. The number of rotatable bonds is 14. The molecule has 0 aliphatic rings. The Labute approximate surface area is 251 Å². The van der Waals surface area contributed by atoms with E-state index in [1.165, 1.54) is 17.0 Å². The summed E-state index contributed by atoms with van der Waals surface area (Å²) < 4.78 is 35.1. The van der Waals surface area contributed by atoms with Gasteiger partial charge in [-0.3, -0.25) is 13.9 Å². The molecule has 0 bridgehead atoms. The van der Waals surface area contributed by atoms with Crippen LogP contribution in [0.4, 0.5) is 5.69 Å². The first-order valence-corrected chi connectivity index (χ1v) is 15.9. The van der Waals surface area contributed by atoms with Crippen molar-refractivity contribution in [1.29, 1.82) is 0 Å². The lowest BCUT2D eigenvalue weighted by atomic mass is 10.1. The second-order valence-corrected chi connectivity index (χ2v) is 12.8. The highest BCUT2D eigenvalue weighted by Gasteiger charge is 2.32. The molecule has 0 heterocycles. The van der Waals surface area contributed by atoms with Gasteiger partial charge in [0.1, 0.15) is 18.3 Å². The molecule has 0 aromatic heterocycles. The van der Waals surface area contributed by atoms with Gasteiger partial charge in [0.15, 0.2) is 0 Å². The predicted molar refractivity (Wildman–Crippen MR) is 165 cm³/mol.